The number of anilines is 2. The van der Waals surface area contributed by atoms with Crippen molar-refractivity contribution in [1.29, 1.82) is 0 Å². The van der Waals surface area contributed by atoms with E-state index in [9.17, 15) is 18.0 Å². The molecule has 1 N–H and O–H groups in total. The van der Waals surface area contributed by atoms with Crippen LogP contribution in [-0.2, 0) is 19.4 Å². The zero-order chi connectivity index (χ0) is 18.9. The minimum absolute atomic E-state index is 0.0820. The van der Waals surface area contributed by atoms with Gasteiger partial charge in [0.05, 0.1) is 10.8 Å². The van der Waals surface area contributed by atoms with Crippen LogP contribution >= 0.6 is 0 Å². The number of nitrogens with one attached hydrogen (secondary N) is 1. The van der Waals surface area contributed by atoms with E-state index in [0.29, 0.717) is 12.2 Å². The summed E-state index contributed by atoms with van der Waals surface area (Å²) in [6, 6.07) is 13.6. The fourth-order valence-electron chi connectivity index (χ4n) is 2.89. The highest BCUT2D eigenvalue weighted by atomic mass is 32.2. The fourth-order valence-corrected chi connectivity index (χ4v) is 3.52. The van der Waals surface area contributed by atoms with Crippen LogP contribution < -0.4 is 10.2 Å². The molecule has 1 fully saturated rings. The summed E-state index contributed by atoms with van der Waals surface area (Å²) in [5, 5.41) is 2.75. The van der Waals surface area contributed by atoms with Crippen molar-refractivity contribution in [3.8, 4) is 0 Å². The van der Waals surface area contributed by atoms with Crippen molar-refractivity contribution in [1.82, 2.24) is 0 Å². The van der Waals surface area contributed by atoms with Crippen LogP contribution in [0.4, 0.5) is 11.4 Å². The van der Waals surface area contributed by atoms with Gasteiger partial charge in [-0.25, -0.2) is 8.42 Å². The van der Waals surface area contributed by atoms with E-state index >= 15 is 0 Å². The zero-order valence-electron chi connectivity index (χ0n) is 14.6. The molecule has 26 heavy (non-hydrogen) atoms. The van der Waals surface area contributed by atoms with E-state index in [0.717, 1.165) is 17.5 Å². The maximum Gasteiger partial charge on any atom is 0.229 e. The molecule has 7 heteroatoms. The molecule has 6 nitrogen and oxygen atoms in total. The lowest BCUT2D eigenvalue weighted by molar-refractivity contribution is -0.122. The molecule has 0 aromatic heterocycles. The van der Waals surface area contributed by atoms with E-state index in [1.54, 1.807) is 17.0 Å². The number of carbonyl (C=O) groups excluding carboxylic acids is 2. The highest BCUT2D eigenvalue weighted by molar-refractivity contribution is 7.90. The molecule has 1 saturated heterocycles. The van der Waals surface area contributed by atoms with Crippen molar-refractivity contribution in [3.05, 3.63) is 54.1 Å². The third kappa shape index (κ3) is 3.94. The highest BCUT2D eigenvalue weighted by Gasteiger charge is 2.35. The summed E-state index contributed by atoms with van der Waals surface area (Å²) >= 11 is 0. The lowest BCUT2D eigenvalue weighted by Gasteiger charge is -2.17. The van der Waals surface area contributed by atoms with E-state index < -0.39 is 15.8 Å². The van der Waals surface area contributed by atoms with Gasteiger partial charge in [0.15, 0.2) is 9.84 Å². The third-order valence-electron chi connectivity index (χ3n) is 4.39. The van der Waals surface area contributed by atoms with Crippen LogP contribution in [-0.4, -0.2) is 33.0 Å². The molecule has 2 aromatic carbocycles. The molecule has 136 valence electrons. The minimum atomic E-state index is -3.28. The first-order chi connectivity index (χ1) is 12.2. The fraction of sp³-hybridized carbons (Fsp3) is 0.263. The van der Waals surface area contributed by atoms with Gasteiger partial charge in [0.25, 0.3) is 0 Å². The van der Waals surface area contributed by atoms with E-state index in [1.807, 2.05) is 31.2 Å². The van der Waals surface area contributed by atoms with Crippen molar-refractivity contribution in [2.75, 3.05) is 23.0 Å². The SMILES string of the molecule is Cc1ccc(N2C[C@H](C(=O)Nc3ccc(S(C)(=O)=O)cc3)CC2=O)cc1. The van der Waals surface area contributed by atoms with Gasteiger partial charge in [-0.1, -0.05) is 17.7 Å². The average molecular weight is 372 g/mol. The van der Waals surface area contributed by atoms with Gasteiger partial charge < -0.3 is 10.2 Å². The van der Waals surface area contributed by atoms with Crippen molar-refractivity contribution >= 4 is 33.0 Å². The van der Waals surface area contributed by atoms with E-state index in [-0.39, 0.29) is 23.1 Å². The zero-order valence-corrected chi connectivity index (χ0v) is 15.4. The number of nitrogens with zero attached hydrogens (tertiary/aromatic N) is 1. The Morgan fingerprint density at radius 3 is 2.27 bits per heavy atom. The molecule has 2 aromatic rings. The molecule has 0 spiro atoms. The van der Waals surface area contributed by atoms with Crippen LogP contribution in [0.2, 0.25) is 0 Å². The molecule has 2 amide bonds. The number of carbonyl (C=O) groups is 2. The molecule has 0 unspecified atom stereocenters. The summed E-state index contributed by atoms with van der Waals surface area (Å²) in [6.45, 7) is 2.30. The third-order valence-corrected chi connectivity index (χ3v) is 5.52. The molecule has 1 aliphatic rings. The van der Waals surface area contributed by atoms with Gasteiger partial charge in [0.1, 0.15) is 0 Å². The van der Waals surface area contributed by atoms with Gasteiger partial charge in [0, 0.05) is 30.6 Å². The molecule has 1 aliphatic heterocycles. The van der Waals surface area contributed by atoms with E-state index in [1.165, 1.54) is 12.1 Å². The average Bonchev–Trinajstić information content (AvgIpc) is 2.97. The molecular formula is C19H20N2O4S. The largest absolute Gasteiger partial charge is 0.326 e. The molecule has 0 aliphatic carbocycles. The van der Waals surface area contributed by atoms with Crippen molar-refractivity contribution < 1.29 is 18.0 Å². The number of sulfone groups is 1. The smallest absolute Gasteiger partial charge is 0.229 e. The Morgan fingerprint density at radius 2 is 1.69 bits per heavy atom. The molecule has 3 rings (SSSR count). The summed E-state index contributed by atoms with van der Waals surface area (Å²) in [5.41, 5.74) is 2.39. The van der Waals surface area contributed by atoms with Crippen LogP contribution in [0.1, 0.15) is 12.0 Å². The van der Waals surface area contributed by atoms with Crippen LogP contribution in [0.15, 0.2) is 53.4 Å². The number of hydrogen-bond acceptors (Lipinski definition) is 4. The number of aryl methyl sites for hydroxylation is 1. The van der Waals surface area contributed by atoms with Crippen molar-refractivity contribution in [2.45, 2.75) is 18.2 Å². The summed E-state index contributed by atoms with van der Waals surface area (Å²) in [5.74, 6) is -0.778. The van der Waals surface area contributed by atoms with Crippen LogP contribution in [0, 0.1) is 12.8 Å². The first-order valence-corrected chi connectivity index (χ1v) is 10.1. The lowest BCUT2D eigenvalue weighted by atomic mass is 10.1. The maximum absolute atomic E-state index is 12.5. The minimum Gasteiger partial charge on any atom is -0.326 e. The maximum atomic E-state index is 12.5. The summed E-state index contributed by atoms with van der Waals surface area (Å²) in [6.07, 6.45) is 1.28. The summed E-state index contributed by atoms with van der Waals surface area (Å²) < 4.78 is 22.9. The number of amides is 2. The van der Waals surface area contributed by atoms with Crippen LogP contribution in [0.3, 0.4) is 0 Å². The number of benzene rings is 2. The van der Waals surface area contributed by atoms with Gasteiger partial charge >= 0.3 is 0 Å². The standard InChI is InChI=1S/C19H20N2O4S/c1-13-3-7-16(8-4-13)21-12-14(11-18(21)22)19(23)20-15-5-9-17(10-6-15)26(2,24)25/h3-10,14H,11-12H2,1-2H3,(H,20,23)/t14-/m1/s1. The predicted molar refractivity (Wildman–Crippen MR) is 99.8 cm³/mol. The van der Waals surface area contributed by atoms with Gasteiger partial charge in [-0.3, -0.25) is 9.59 Å². The Labute approximate surface area is 152 Å². The van der Waals surface area contributed by atoms with Crippen molar-refractivity contribution in [2.24, 2.45) is 5.92 Å². The van der Waals surface area contributed by atoms with E-state index in [2.05, 4.69) is 5.32 Å². The summed E-state index contributed by atoms with van der Waals surface area (Å²) in [7, 11) is -3.28. The van der Waals surface area contributed by atoms with Gasteiger partial charge in [-0.05, 0) is 43.3 Å². The number of rotatable bonds is 4. The second-order valence-electron chi connectivity index (χ2n) is 6.53. The second kappa shape index (κ2) is 6.92. The molecule has 0 bridgehead atoms. The Bertz CT molecular complexity index is 935. The highest BCUT2D eigenvalue weighted by Crippen LogP contribution is 2.26. The lowest BCUT2D eigenvalue weighted by Crippen LogP contribution is -2.28. The molecule has 0 saturated carbocycles. The first kappa shape index (κ1) is 18.1. The monoisotopic (exact) mass is 372 g/mol. The van der Waals surface area contributed by atoms with Crippen LogP contribution in [0.25, 0.3) is 0 Å². The quantitative estimate of drug-likeness (QED) is 0.893. The molecule has 1 heterocycles. The van der Waals surface area contributed by atoms with Crippen molar-refractivity contribution in [3.63, 3.8) is 0 Å². The molecular weight excluding hydrogens is 352 g/mol. The normalized spacial score (nSPS) is 17.4. The number of hydrogen-bond donors (Lipinski definition) is 1. The Balaban J connectivity index is 1.67. The Hall–Kier alpha value is -2.67. The Morgan fingerprint density at radius 1 is 1.08 bits per heavy atom. The van der Waals surface area contributed by atoms with Crippen LogP contribution in [0.5, 0.6) is 0 Å². The summed E-state index contributed by atoms with van der Waals surface area (Å²) in [4.78, 5) is 26.5. The molecule has 1 atom stereocenters. The predicted octanol–water partition coefficient (Wildman–Crippen LogP) is 2.39. The van der Waals surface area contributed by atoms with E-state index in [4.69, 9.17) is 0 Å². The first-order valence-electron chi connectivity index (χ1n) is 8.22. The second-order valence-corrected chi connectivity index (χ2v) is 8.54. The van der Waals surface area contributed by atoms with Gasteiger partial charge in [-0.2, -0.15) is 0 Å². The van der Waals surface area contributed by atoms with Gasteiger partial charge in [0.2, 0.25) is 11.8 Å². The molecule has 0 radical (unpaired) electrons. The van der Waals surface area contributed by atoms with Gasteiger partial charge in [-0.15, -0.1) is 0 Å². The Kier molecular flexibility index (Phi) is 4.82. The topological polar surface area (TPSA) is 83.6 Å².